The quantitative estimate of drug-likeness (QED) is 0.574. The second-order valence-electron chi connectivity index (χ2n) is 5.16. The smallest absolute Gasteiger partial charge is 0.422 e. The monoisotopic (exact) mass is 226 g/mol. The van der Waals surface area contributed by atoms with Crippen molar-refractivity contribution in [3.05, 3.63) is 12.2 Å². The first-order valence-electron chi connectivity index (χ1n) is 5.84. The van der Waals surface area contributed by atoms with E-state index in [-0.39, 0.29) is 0 Å². The second-order valence-corrected chi connectivity index (χ2v) is 5.16. The fraction of sp³-hybridized carbons (Fsp3) is 0.750. The fourth-order valence-electron chi connectivity index (χ4n) is 1.61. The van der Waals surface area contributed by atoms with Crippen LogP contribution < -0.4 is 10.9 Å². The highest BCUT2D eigenvalue weighted by Crippen LogP contribution is 2.16. The van der Waals surface area contributed by atoms with Gasteiger partial charge in [0.05, 0.1) is 0 Å². The number of hydrogen-bond donors (Lipinski definition) is 2. The van der Waals surface area contributed by atoms with Crippen LogP contribution >= 0.6 is 0 Å². The summed E-state index contributed by atoms with van der Waals surface area (Å²) in [6, 6.07) is 0. The normalized spacial score (nSPS) is 20.6. The lowest BCUT2D eigenvalue weighted by Gasteiger charge is -2.21. The molecule has 0 aromatic heterocycles. The van der Waals surface area contributed by atoms with Gasteiger partial charge in [0, 0.05) is 6.54 Å². The summed E-state index contributed by atoms with van der Waals surface area (Å²) in [6.45, 7) is 6.33. The SMILES string of the molecule is CC(C)(C)OC(=O)NNCC1CC=CCC1. The molecule has 0 aromatic carbocycles. The van der Waals surface area contributed by atoms with Gasteiger partial charge in [0.15, 0.2) is 0 Å². The number of rotatable bonds is 3. The molecule has 1 rings (SSSR count). The molecule has 4 nitrogen and oxygen atoms in total. The summed E-state index contributed by atoms with van der Waals surface area (Å²) in [7, 11) is 0. The Hall–Kier alpha value is -1.03. The van der Waals surface area contributed by atoms with Gasteiger partial charge in [0.25, 0.3) is 0 Å². The Bertz CT molecular complexity index is 256. The van der Waals surface area contributed by atoms with E-state index in [0.29, 0.717) is 5.92 Å². The number of amides is 1. The molecule has 0 aliphatic heterocycles. The van der Waals surface area contributed by atoms with Crippen LogP contribution in [0.1, 0.15) is 40.0 Å². The molecule has 0 fully saturated rings. The molecule has 1 unspecified atom stereocenters. The number of carbonyl (C=O) groups excluding carboxylic acids is 1. The molecule has 0 radical (unpaired) electrons. The van der Waals surface area contributed by atoms with Gasteiger partial charge in [-0.15, -0.1) is 0 Å². The maximum atomic E-state index is 11.3. The maximum Gasteiger partial charge on any atom is 0.422 e. The zero-order valence-corrected chi connectivity index (χ0v) is 10.4. The van der Waals surface area contributed by atoms with Crippen molar-refractivity contribution >= 4 is 6.09 Å². The largest absolute Gasteiger partial charge is 0.443 e. The zero-order valence-electron chi connectivity index (χ0n) is 10.4. The maximum absolute atomic E-state index is 11.3. The molecule has 1 aliphatic carbocycles. The van der Waals surface area contributed by atoms with Crippen molar-refractivity contribution in [3.63, 3.8) is 0 Å². The molecule has 0 bridgehead atoms. The number of carbonyl (C=O) groups is 1. The first kappa shape index (κ1) is 13.0. The molecule has 0 saturated carbocycles. The Morgan fingerprint density at radius 2 is 2.19 bits per heavy atom. The Morgan fingerprint density at radius 1 is 1.44 bits per heavy atom. The first-order valence-corrected chi connectivity index (χ1v) is 5.84. The van der Waals surface area contributed by atoms with Crippen LogP contribution in [0, 0.1) is 5.92 Å². The van der Waals surface area contributed by atoms with E-state index in [1.54, 1.807) is 0 Å². The number of hydrogen-bond acceptors (Lipinski definition) is 3. The molecule has 0 saturated heterocycles. The van der Waals surface area contributed by atoms with Crippen LogP contribution in [0.25, 0.3) is 0 Å². The van der Waals surface area contributed by atoms with Crippen LogP contribution in [-0.2, 0) is 4.74 Å². The van der Waals surface area contributed by atoms with Gasteiger partial charge in [0.2, 0.25) is 0 Å². The predicted molar refractivity (Wildman–Crippen MR) is 63.9 cm³/mol. The third-order valence-corrected chi connectivity index (χ3v) is 2.36. The van der Waals surface area contributed by atoms with Gasteiger partial charge in [-0.2, -0.15) is 0 Å². The summed E-state index contributed by atoms with van der Waals surface area (Å²) in [5, 5.41) is 0. The van der Waals surface area contributed by atoms with Crippen LogP contribution in [0.3, 0.4) is 0 Å². The topological polar surface area (TPSA) is 50.4 Å². The Balaban J connectivity index is 2.10. The summed E-state index contributed by atoms with van der Waals surface area (Å²) >= 11 is 0. The van der Waals surface area contributed by atoms with E-state index in [1.165, 1.54) is 6.42 Å². The molecule has 1 aliphatic rings. The van der Waals surface area contributed by atoms with Crippen molar-refractivity contribution < 1.29 is 9.53 Å². The summed E-state index contributed by atoms with van der Waals surface area (Å²) in [6.07, 6.45) is 7.39. The fourth-order valence-corrected chi connectivity index (χ4v) is 1.61. The summed E-state index contributed by atoms with van der Waals surface area (Å²) < 4.78 is 5.10. The van der Waals surface area contributed by atoms with Gasteiger partial charge < -0.3 is 4.74 Å². The lowest BCUT2D eigenvalue weighted by atomic mass is 9.95. The van der Waals surface area contributed by atoms with Crippen molar-refractivity contribution in [2.45, 2.75) is 45.6 Å². The van der Waals surface area contributed by atoms with Crippen LogP contribution in [-0.4, -0.2) is 18.2 Å². The minimum Gasteiger partial charge on any atom is -0.443 e. The Kier molecular flexibility index (Phi) is 4.80. The highest BCUT2D eigenvalue weighted by atomic mass is 16.6. The van der Waals surface area contributed by atoms with Crippen LogP contribution in [0.2, 0.25) is 0 Å². The van der Waals surface area contributed by atoms with Crippen LogP contribution in [0.5, 0.6) is 0 Å². The van der Waals surface area contributed by atoms with Gasteiger partial charge in [-0.3, -0.25) is 5.43 Å². The molecule has 0 spiro atoms. The van der Waals surface area contributed by atoms with Gasteiger partial charge >= 0.3 is 6.09 Å². The molecule has 16 heavy (non-hydrogen) atoms. The molecule has 4 heteroatoms. The van der Waals surface area contributed by atoms with Crippen LogP contribution in [0.4, 0.5) is 4.79 Å². The van der Waals surface area contributed by atoms with Gasteiger partial charge in [-0.25, -0.2) is 10.2 Å². The lowest BCUT2D eigenvalue weighted by Crippen LogP contribution is -2.43. The number of hydrazine groups is 1. The minimum absolute atomic E-state index is 0.418. The van der Waals surface area contributed by atoms with Crippen molar-refractivity contribution in [1.29, 1.82) is 0 Å². The molecule has 1 atom stereocenters. The summed E-state index contributed by atoms with van der Waals surface area (Å²) in [5.74, 6) is 0.611. The standard InChI is InChI=1S/C12H22N2O2/c1-12(2,3)16-11(15)14-13-9-10-7-5-4-6-8-10/h4-5,10,13H,6-9H2,1-3H3,(H,14,15). The van der Waals surface area contributed by atoms with E-state index in [2.05, 4.69) is 23.0 Å². The van der Waals surface area contributed by atoms with Gasteiger partial charge in [-0.1, -0.05) is 12.2 Å². The average molecular weight is 226 g/mol. The number of ether oxygens (including phenoxy) is 1. The molecule has 92 valence electrons. The van der Waals surface area contributed by atoms with E-state index in [1.807, 2.05) is 20.8 Å². The molecule has 0 heterocycles. The molecule has 0 aromatic rings. The highest BCUT2D eigenvalue weighted by Gasteiger charge is 2.16. The van der Waals surface area contributed by atoms with Crippen molar-refractivity contribution in [1.82, 2.24) is 10.9 Å². The molecule has 2 N–H and O–H groups in total. The van der Waals surface area contributed by atoms with E-state index in [0.717, 1.165) is 19.4 Å². The van der Waals surface area contributed by atoms with Crippen molar-refractivity contribution in [2.24, 2.45) is 5.92 Å². The van der Waals surface area contributed by atoms with Crippen LogP contribution in [0.15, 0.2) is 12.2 Å². The third kappa shape index (κ3) is 5.75. The highest BCUT2D eigenvalue weighted by molar-refractivity contribution is 5.66. The zero-order chi connectivity index (χ0) is 12.0. The summed E-state index contributed by atoms with van der Waals surface area (Å²) in [5.41, 5.74) is 5.03. The van der Waals surface area contributed by atoms with E-state index in [4.69, 9.17) is 4.74 Å². The minimum atomic E-state index is -0.445. The number of allylic oxidation sites excluding steroid dienone is 2. The first-order chi connectivity index (χ1) is 7.47. The summed E-state index contributed by atoms with van der Waals surface area (Å²) in [4.78, 5) is 11.3. The van der Waals surface area contributed by atoms with E-state index in [9.17, 15) is 4.79 Å². The van der Waals surface area contributed by atoms with Crippen molar-refractivity contribution in [2.75, 3.05) is 6.54 Å². The molecule has 1 amide bonds. The molecular weight excluding hydrogens is 204 g/mol. The number of nitrogens with one attached hydrogen (secondary N) is 2. The average Bonchev–Trinajstić information content (AvgIpc) is 2.16. The predicted octanol–water partition coefficient (Wildman–Crippen LogP) is 2.37. The van der Waals surface area contributed by atoms with Gasteiger partial charge in [-0.05, 0) is 46.0 Å². The molecular formula is C12H22N2O2. The Labute approximate surface area is 97.4 Å². The second kappa shape index (κ2) is 5.89. The van der Waals surface area contributed by atoms with E-state index >= 15 is 0 Å². The lowest BCUT2D eigenvalue weighted by molar-refractivity contribution is 0.0494. The third-order valence-electron chi connectivity index (χ3n) is 2.36. The van der Waals surface area contributed by atoms with Gasteiger partial charge in [0.1, 0.15) is 5.60 Å². The van der Waals surface area contributed by atoms with E-state index < -0.39 is 11.7 Å². The van der Waals surface area contributed by atoms with Crippen molar-refractivity contribution in [3.8, 4) is 0 Å². The Morgan fingerprint density at radius 3 is 2.75 bits per heavy atom.